The van der Waals surface area contributed by atoms with Crippen molar-refractivity contribution in [2.24, 2.45) is 7.05 Å². The van der Waals surface area contributed by atoms with E-state index >= 15 is 0 Å². The van der Waals surface area contributed by atoms with E-state index in [2.05, 4.69) is 26.0 Å². The number of hydrogen-bond acceptors (Lipinski definition) is 5. The lowest BCUT2D eigenvalue weighted by molar-refractivity contribution is 0.285. The lowest BCUT2D eigenvalue weighted by Gasteiger charge is -2.23. The van der Waals surface area contributed by atoms with Gasteiger partial charge in [0, 0.05) is 57.6 Å². The van der Waals surface area contributed by atoms with Crippen molar-refractivity contribution in [1.82, 2.24) is 24.6 Å². The lowest BCUT2D eigenvalue weighted by Crippen LogP contribution is -2.31. The number of anilines is 1. The van der Waals surface area contributed by atoms with Gasteiger partial charge >= 0.3 is 0 Å². The van der Waals surface area contributed by atoms with Crippen LogP contribution in [-0.4, -0.2) is 50.8 Å². The maximum Gasteiger partial charge on any atom is 0.165 e. The minimum atomic E-state index is -0.248. The minimum Gasteiger partial charge on any atom is -0.353 e. The Kier molecular flexibility index (Phi) is 4.55. The van der Waals surface area contributed by atoms with Crippen molar-refractivity contribution in [3.05, 3.63) is 47.7 Å². The average molecular weight is 354 g/mol. The number of nitrogens with zero attached hydrogens (tertiary/aromatic N) is 6. The molecule has 26 heavy (non-hydrogen) atoms. The predicted octanol–water partition coefficient (Wildman–Crippen LogP) is 2.52. The monoisotopic (exact) mass is 354 g/mol. The van der Waals surface area contributed by atoms with Gasteiger partial charge in [-0.1, -0.05) is 0 Å². The molecule has 0 aliphatic carbocycles. The number of pyridine rings is 2. The fraction of sp³-hybridized carbons (Fsp3) is 0.421. The fourth-order valence-corrected chi connectivity index (χ4v) is 3.65. The van der Waals surface area contributed by atoms with Crippen LogP contribution in [0.2, 0.25) is 0 Å². The molecule has 0 bridgehead atoms. The summed E-state index contributed by atoms with van der Waals surface area (Å²) in [4.78, 5) is 13.2. The summed E-state index contributed by atoms with van der Waals surface area (Å²) in [6.07, 6.45) is 4.57. The second-order valence-electron chi connectivity index (χ2n) is 6.85. The number of aromatic nitrogens is 4. The van der Waals surface area contributed by atoms with Crippen molar-refractivity contribution < 1.29 is 4.39 Å². The molecule has 4 rings (SSSR count). The molecule has 6 nitrogen and oxygen atoms in total. The topological polar surface area (TPSA) is 50.1 Å². The van der Waals surface area contributed by atoms with Crippen LogP contribution in [0.4, 0.5) is 10.2 Å². The largest absolute Gasteiger partial charge is 0.353 e. The van der Waals surface area contributed by atoms with Crippen LogP contribution in [0.5, 0.6) is 0 Å². The molecule has 0 amide bonds. The molecule has 1 fully saturated rings. The van der Waals surface area contributed by atoms with Gasteiger partial charge in [-0.3, -0.25) is 9.58 Å². The molecule has 1 saturated heterocycles. The molecular formula is C19H23FN6. The van der Waals surface area contributed by atoms with Crippen molar-refractivity contribution in [2.75, 3.05) is 31.1 Å². The smallest absolute Gasteiger partial charge is 0.165 e. The number of aryl methyl sites for hydroxylation is 2. The summed E-state index contributed by atoms with van der Waals surface area (Å²) < 4.78 is 15.8. The second kappa shape index (κ2) is 6.99. The summed E-state index contributed by atoms with van der Waals surface area (Å²) in [5.41, 5.74) is 3.11. The first-order valence-corrected chi connectivity index (χ1v) is 8.98. The Bertz CT molecular complexity index is 922. The normalized spacial score (nSPS) is 16.2. The van der Waals surface area contributed by atoms with Gasteiger partial charge < -0.3 is 4.90 Å². The van der Waals surface area contributed by atoms with Gasteiger partial charge in [-0.25, -0.2) is 14.4 Å². The SMILES string of the molecule is Cc1nn(C)c2ncc(CN3CCCN(c4ncccc4F)CC3)cc12. The van der Waals surface area contributed by atoms with Crippen LogP contribution in [-0.2, 0) is 13.6 Å². The highest BCUT2D eigenvalue weighted by Crippen LogP contribution is 2.20. The van der Waals surface area contributed by atoms with E-state index in [0.29, 0.717) is 5.82 Å². The Balaban J connectivity index is 1.46. The Morgan fingerprint density at radius 3 is 2.88 bits per heavy atom. The molecule has 0 radical (unpaired) electrons. The third-order valence-corrected chi connectivity index (χ3v) is 4.95. The van der Waals surface area contributed by atoms with Gasteiger partial charge in [0.1, 0.15) is 0 Å². The fourth-order valence-electron chi connectivity index (χ4n) is 3.65. The van der Waals surface area contributed by atoms with Crippen molar-refractivity contribution >= 4 is 16.9 Å². The van der Waals surface area contributed by atoms with Crippen LogP contribution < -0.4 is 4.90 Å². The highest BCUT2D eigenvalue weighted by molar-refractivity contribution is 5.78. The first kappa shape index (κ1) is 16.9. The van der Waals surface area contributed by atoms with Crippen LogP contribution >= 0.6 is 0 Å². The summed E-state index contributed by atoms with van der Waals surface area (Å²) in [5.74, 6) is 0.214. The van der Waals surface area contributed by atoms with Crippen molar-refractivity contribution in [3.63, 3.8) is 0 Å². The summed E-state index contributed by atoms with van der Waals surface area (Å²) in [7, 11) is 1.92. The van der Waals surface area contributed by atoms with E-state index in [4.69, 9.17) is 0 Å². The number of hydrogen-bond donors (Lipinski definition) is 0. The first-order chi connectivity index (χ1) is 12.6. The molecule has 7 heteroatoms. The van der Waals surface area contributed by atoms with E-state index in [1.807, 2.05) is 29.7 Å². The third-order valence-electron chi connectivity index (χ3n) is 4.95. The molecule has 4 heterocycles. The predicted molar refractivity (Wildman–Crippen MR) is 99.5 cm³/mol. The average Bonchev–Trinajstić information content (AvgIpc) is 2.80. The molecule has 0 N–H and O–H groups in total. The summed E-state index contributed by atoms with van der Waals surface area (Å²) in [6, 6.07) is 5.29. The quantitative estimate of drug-likeness (QED) is 0.723. The summed E-state index contributed by atoms with van der Waals surface area (Å²) in [6.45, 7) is 6.31. The highest BCUT2D eigenvalue weighted by atomic mass is 19.1. The number of halogens is 1. The molecule has 0 spiro atoms. The molecule has 0 saturated carbocycles. The van der Waals surface area contributed by atoms with E-state index in [-0.39, 0.29) is 5.82 Å². The van der Waals surface area contributed by atoms with E-state index < -0.39 is 0 Å². The van der Waals surface area contributed by atoms with E-state index in [1.54, 1.807) is 12.3 Å². The van der Waals surface area contributed by atoms with Gasteiger partial charge in [0.25, 0.3) is 0 Å². The standard InChI is InChI=1S/C19H23FN6/c1-14-16-11-15(12-22-18(16)24(2)23-14)13-25-7-4-8-26(10-9-25)19-17(20)5-3-6-21-19/h3,5-6,11-12H,4,7-10,13H2,1-2H3. The molecule has 3 aromatic heterocycles. The molecule has 1 aliphatic heterocycles. The van der Waals surface area contributed by atoms with Gasteiger partial charge in [0.05, 0.1) is 5.69 Å². The van der Waals surface area contributed by atoms with Crippen molar-refractivity contribution in [2.45, 2.75) is 19.9 Å². The van der Waals surface area contributed by atoms with Crippen LogP contribution in [0.3, 0.4) is 0 Å². The Morgan fingerprint density at radius 2 is 2.04 bits per heavy atom. The van der Waals surface area contributed by atoms with Gasteiger partial charge in [-0.05, 0) is 37.1 Å². The van der Waals surface area contributed by atoms with Gasteiger partial charge in [0.2, 0.25) is 0 Å². The second-order valence-corrected chi connectivity index (χ2v) is 6.85. The zero-order chi connectivity index (χ0) is 18.1. The molecule has 0 aromatic carbocycles. The summed E-state index contributed by atoms with van der Waals surface area (Å²) in [5, 5.41) is 5.54. The third kappa shape index (κ3) is 3.26. The molecule has 3 aromatic rings. The van der Waals surface area contributed by atoms with E-state index in [9.17, 15) is 4.39 Å². The van der Waals surface area contributed by atoms with E-state index in [0.717, 1.165) is 55.9 Å². The first-order valence-electron chi connectivity index (χ1n) is 8.98. The molecule has 136 valence electrons. The molecular weight excluding hydrogens is 331 g/mol. The molecule has 0 unspecified atom stereocenters. The van der Waals surface area contributed by atoms with Crippen LogP contribution in [0, 0.1) is 12.7 Å². The zero-order valence-electron chi connectivity index (χ0n) is 15.2. The Morgan fingerprint density at radius 1 is 1.15 bits per heavy atom. The maximum atomic E-state index is 14.0. The van der Waals surface area contributed by atoms with Gasteiger partial charge in [0.15, 0.2) is 17.3 Å². The Labute approximate surface area is 152 Å². The van der Waals surface area contributed by atoms with Crippen LogP contribution in [0.15, 0.2) is 30.6 Å². The summed E-state index contributed by atoms with van der Waals surface area (Å²) >= 11 is 0. The van der Waals surface area contributed by atoms with Crippen molar-refractivity contribution in [1.29, 1.82) is 0 Å². The van der Waals surface area contributed by atoms with Crippen molar-refractivity contribution in [3.8, 4) is 0 Å². The molecule has 0 atom stereocenters. The maximum absolute atomic E-state index is 14.0. The van der Waals surface area contributed by atoms with Gasteiger partial charge in [-0.15, -0.1) is 0 Å². The lowest BCUT2D eigenvalue weighted by atomic mass is 10.2. The minimum absolute atomic E-state index is 0.248. The highest BCUT2D eigenvalue weighted by Gasteiger charge is 2.19. The van der Waals surface area contributed by atoms with Gasteiger partial charge in [-0.2, -0.15) is 5.10 Å². The number of fused-ring (bicyclic) bond motifs is 1. The van der Waals surface area contributed by atoms with E-state index in [1.165, 1.54) is 11.6 Å². The number of rotatable bonds is 3. The van der Waals surface area contributed by atoms with Crippen LogP contribution in [0.1, 0.15) is 17.7 Å². The Hall–Kier alpha value is -2.54. The molecule has 1 aliphatic rings. The van der Waals surface area contributed by atoms with Crippen LogP contribution in [0.25, 0.3) is 11.0 Å². The zero-order valence-corrected chi connectivity index (χ0v) is 15.2.